The van der Waals surface area contributed by atoms with Crippen LogP contribution in [0.3, 0.4) is 0 Å². The average molecular weight is 480 g/mol. The quantitative estimate of drug-likeness (QED) is 0.343. The number of hydrogen-bond donors (Lipinski definition) is 1. The number of aliphatic hydroxyl groups excluding tert-OH is 1. The maximum absolute atomic E-state index is 14.5. The Morgan fingerprint density at radius 3 is 2.48 bits per heavy atom. The molecule has 0 aromatic heterocycles. The molecule has 2 aromatic rings. The van der Waals surface area contributed by atoms with Crippen LogP contribution < -0.4 is 5.06 Å². The molecule has 25 heavy (non-hydrogen) atoms. The predicted molar refractivity (Wildman–Crippen MR) is 102 cm³/mol. The molecule has 7 heteroatoms. The summed E-state index contributed by atoms with van der Waals surface area (Å²) in [6.07, 6.45) is 1.70. The number of hydrogen-bond acceptors (Lipinski definition) is 3. The Hall–Kier alpha value is -0.960. The van der Waals surface area contributed by atoms with Gasteiger partial charge in [0, 0.05) is 8.99 Å². The van der Waals surface area contributed by atoms with Gasteiger partial charge in [-0.05, 0) is 78.3 Å². The lowest BCUT2D eigenvalue weighted by Gasteiger charge is -2.28. The molecule has 2 aromatic carbocycles. The second-order valence-corrected chi connectivity index (χ2v) is 8.00. The minimum Gasteiger partial charge on any atom is -0.396 e. The number of halogens is 4. The van der Waals surface area contributed by atoms with Crippen LogP contribution >= 0.6 is 34.2 Å². The fourth-order valence-corrected chi connectivity index (χ4v) is 3.31. The summed E-state index contributed by atoms with van der Waals surface area (Å²) in [6, 6.07) is 8.27. The summed E-state index contributed by atoms with van der Waals surface area (Å²) in [5.74, 6) is -2.18. The molecule has 3 rings (SSSR count). The Morgan fingerprint density at radius 1 is 1.20 bits per heavy atom. The van der Waals surface area contributed by atoms with Crippen LogP contribution in [0.4, 0.5) is 20.2 Å². The highest BCUT2D eigenvalue weighted by Crippen LogP contribution is 2.46. The summed E-state index contributed by atoms with van der Waals surface area (Å²) in [7, 11) is 0. The van der Waals surface area contributed by atoms with E-state index >= 15 is 0 Å². The second kappa shape index (κ2) is 7.34. The lowest BCUT2D eigenvalue weighted by molar-refractivity contribution is 0.0603. The van der Waals surface area contributed by atoms with Gasteiger partial charge in [0.1, 0.15) is 5.69 Å². The van der Waals surface area contributed by atoms with E-state index in [4.69, 9.17) is 16.4 Å². The van der Waals surface area contributed by atoms with Gasteiger partial charge in [-0.1, -0.05) is 11.6 Å². The molecule has 0 unspecified atom stereocenters. The van der Waals surface area contributed by atoms with Crippen LogP contribution in [0, 0.1) is 27.5 Å². The van der Waals surface area contributed by atoms with Crippen LogP contribution in [0.15, 0.2) is 30.3 Å². The van der Waals surface area contributed by atoms with Gasteiger partial charge in [-0.15, -0.1) is 0 Å². The van der Waals surface area contributed by atoms with E-state index in [0.29, 0.717) is 5.69 Å². The molecular weight excluding hydrogens is 463 g/mol. The number of aryl methyl sites for hydroxylation is 1. The first-order valence-corrected chi connectivity index (χ1v) is 9.26. The van der Waals surface area contributed by atoms with E-state index in [1.807, 2.05) is 19.1 Å². The summed E-state index contributed by atoms with van der Waals surface area (Å²) < 4.78 is 29.5. The molecule has 1 fully saturated rings. The molecule has 134 valence electrons. The molecule has 0 bridgehead atoms. The number of nitrogens with zero attached hydrogens (tertiary/aromatic N) is 1. The zero-order chi connectivity index (χ0) is 18.2. The van der Waals surface area contributed by atoms with Crippen molar-refractivity contribution in [2.75, 3.05) is 18.3 Å². The first-order chi connectivity index (χ1) is 11.9. The number of aliphatic hydroxyl groups is 1. The molecule has 1 N–H and O–H groups in total. The first kappa shape index (κ1) is 18.8. The Bertz CT molecular complexity index is 799. The van der Waals surface area contributed by atoms with Crippen molar-refractivity contribution in [3.63, 3.8) is 0 Å². The lowest BCUT2D eigenvalue weighted by Crippen LogP contribution is -2.26. The topological polar surface area (TPSA) is 32.7 Å². The van der Waals surface area contributed by atoms with Gasteiger partial charge in [0.05, 0.1) is 23.9 Å². The standard InChI is InChI=1S/C18H17ClF2INO2/c1-11-8-12(22)2-4-14(11)23(25-10-18(9-24)6-7-18)15-5-3-13(19)16(20)17(15)21/h2-5,8,24H,6-7,9-10H2,1H3. The Kier molecular flexibility index (Phi) is 5.53. The molecule has 0 aliphatic heterocycles. The van der Waals surface area contributed by atoms with Gasteiger partial charge >= 0.3 is 0 Å². The van der Waals surface area contributed by atoms with Gasteiger partial charge in [0.15, 0.2) is 11.6 Å². The van der Waals surface area contributed by atoms with Crippen LogP contribution in [0.25, 0.3) is 0 Å². The Balaban J connectivity index is 2.01. The van der Waals surface area contributed by atoms with Gasteiger partial charge in [0.2, 0.25) is 0 Å². The SMILES string of the molecule is Cc1cc(I)ccc1N(OCC1(CO)CC1)c1ccc(Cl)c(F)c1F. The van der Waals surface area contributed by atoms with Crippen molar-refractivity contribution in [3.05, 3.63) is 56.1 Å². The van der Waals surface area contributed by atoms with Crippen molar-refractivity contribution in [2.24, 2.45) is 5.41 Å². The molecular formula is C18H17ClF2INO2. The highest BCUT2D eigenvalue weighted by atomic mass is 127. The van der Waals surface area contributed by atoms with E-state index in [1.165, 1.54) is 17.2 Å². The van der Waals surface area contributed by atoms with Gasteiger partial charge < -0.3 is 5.11 Å². The predicted octanol–water partition coefficient (Wildman–Crippen LogP) is 5.37. The maximum Gasteiger partial charge on any atom is 0.186 e. The minimum atomic E-state index is -1.11. The molecule has 0 amide bonds. The normalized spacial score (nSPS) is 15.3. The zero-order valence-electron chi connectivity index (χ0n) is 13.5. The fourth-order valence-electron chi connectivity index (χ4n) is 2.51. The Labute approximate surface area is 163 Å². The van der Waals surface area contributed by atoms with Crippen molar-refractivity contribution < 1.29 is 18.7 Å². The van der Waals surface area contributed by atoms with Crippen molar-refractivity contribution in [1.29, 1.82) is 0 Å². The van der Waals surface area contributed by atoms with E-state index in [1.54, 1.807) is 6.07 Å². The number of rotatable bonds is 6. The smallest absolute Gasteiger partial charge is 0.186 e. The number of benzene rings is 2. The van der Waals surface area contributed by atoms with Crippen molar-refractivity contribution in [3.8, 4) is 0 Å². The molecule has 1 saturated carbocycles. The Morgan fingerprint density at radius 2 is 1.88 bits per heavy atom. The fraction of sp³-hybridized carbons (Fsp3) is 0.333. The maximum atomic E-state index is 14.5. The summed E-state index contributed by atoms with van der Waals surface area (Å²) >= 11 is 7.85. The van der Waals surface area contributed by atoms with E-state index in [0.717, 1.165) is 22.0 Å². The highest BCUT2D eigenvalue weighted by Gasteiger charge is 2.43. The van der Waals surface area contributed by atoms with Crippen LogP contribution in [-0.2, 0) is 4.84 Å². The molecule has 1 aliphatic carbocycles. The minimum absolute atomic E-state index is 0.00394. The molecule has 0 saturated heterocycles. The van der Waals surface area contributed by atoms with Crippen molar-refractivity contribution in [1.82, 2.24) is 0 Å². The summed E-state index contributed by atoms with van der Waals surface area (Å²) in [4.78, 5) is 5.85. The monoisotopic (exact) mass is 479 g/mol. The van der Waals surface area contributed by atoms with Crippen molar-refractivity contribution >= 4 is 45.6 Å². The molecule has 3 nitrogen and oxygen atoms in total. The third kappa shape index (κ3) is 3.92. The van der Waals surface area contributed by atoms with Crippen LogP contribution in [0.5, 0.6) is 0 Å². The highest BCUT2D eigenvalue weighted by molar-refractivity contribution is 14.1. The average Bonchev–Trinajstić information content (AvgIpc) is 3.36. The van der Waals surface area contributed by atoms with E-state index in [-0.39, 0.29) is 29.3 Å². The van der Waals surface area contributed by atoms with Crippen molar-refractivity contribution in [2.45, 2.75) is 19.8 Å². The molecule has 1 aliphatic rings. The van der Waals surface area contributed by atoms with Gasteiger partial charge in [0.25, 0.3) is 0 Å². The summed E-state index contributed by atoms with van der Waals surface area (Å²) in [6.45, 7) is 2.10. The largest absolute Gasteiger partial charge is 0.396 e. The van der Waals surface area contributed by atoms with Crippen LogP contribution in [0.1, 0.15) is 18.4 Å². The lowest BCUT2D eigenvalue weighted by atomic mass is 10.1. The van der Waals surface area contributed by atoms with Crippen LogP contribution in [-0.4, -0.2) is 18.3 Å². The van der Waals surface area contributed by atoms with E-state index in [2.05, 4.69) is 22.6 Å². The molecule has 0 radical (unpaired) electrons. The first-order valence-electron chi connectivity index (χ1n) is 7.80. The van der Waals surface area contributed by atoms with E-state index < -0.39 is 11.6 Å². The molecule has 0 atom stereocenters. The third-order valence-corrected chi connectivity index (χ3v) is 5.37. The van der Waals surface area contributed by atoms with Crippen LogP contribution in [0.2, 0.25) is 5.02 Å². The second-order valence-electron chi connectivity index (χ2n) is 6.35. The van der Waals surface area contributed by atoms with Gasteiger partial charge in [-0.3, -0.25) is 4.84 Å². The summed E-state index contributed by atoms with van der Waals surface area (Å²) in [5.41, 5.74) is 1.11. The van der Waals surface area contributed by atoms with Gasteiger partial charge in [-0.2, -0.15) is 0 Å². The zero-order valence-corrected chi connectivity index (χ0v) is 16.4. The van der Waals surface area contributed by atoms with Gasteiger partial charge in [-0.25, -0.2) is 13.8 Å². The summed E-state index contributed by atoms with van der Waals surface area (Å²) in [5, 5.41) is 10.5. The third-order valence-electron chi connectivity index (χ3n) is 4.40. The van der Waals surface area contributed by atoms with E-state index in [9.17, 15) is 13.9 Å². The molecule has 0 heterocycles. The number of anilines is 2. The molecule has 0 spiro atoms.